The lowest BCUT2D eigenvalue weighted by molar-refractivity contribution is -0.170. The SMILES string of the molecule is Cc1cc(C)c(C(=O)COCC(F)(F)F)c(C)c1. The van der Waals surface area contributed by atoms with Crippen LogP contribution in [0.4, 0.5) is 13.2 Å². The Labute approximate surface area is 104 Å². The molecular formula is C13H15F3O2. The van der Waals surface area contributed by atoms with Gasteiger partial charge in [-0.15, -0.1) is 0 Å². The van der Waals surface area contributed by atoms with Gasteiger partial charge in [-0.05, 0) is 31.9 Å². The fourth-order valence-corrected chi connectivity index (χ4v) is 1.95. The van der Waals surface area contributed by atoms with Crippen LogP contribution >= 0.6 is 0 Å². The van der Waals surface area contributed by atoms with Crippen molar-refractivity contribution in [3.8, 4) is 0 Å². The monoisotopic (exact) mass is 260 g/mol. The maximum Gasteiger partial charge on any atom is 0.411 e. The molecule has 0 spiro atoms. The molecule has 1 aromatic carbocycles. The van der Waals surface area contributed by atoms with Crippen LogP contribution in [0.1, 0.15) is 27.0 Å². The van der Waals surface area contributed by atoms with E-state index in [0.717, 1.165) is 16.7 Å². The van der Waals surface area contributed by atoms with Gasteiger partial charge >= 0.3 is 6.18 Å². The summed E-state index contributed by atoms with van der Waals surface area (Å²) >= 11 is 0. The number of ether oxygens (including phenoxy) is 1. The summed E-state index contributed by atoms with van der Waals surface area (Å²) in [5.41, 5.74) is 2.97. The maximum absolute atomic E-state index is 11.9. The first-order valence-electron chi connectivity index (χ1n) is 5.46. The van der Waals surface area contributed by atoms with E-state index in [0.29, 0.717) is 5.56 Å². The van der Waals surface area contributed by atoms with E-state index in [1.807, 2.05) is 19.1 Å². The summed E-state index contributed by atoms with van der Waals surface area (Å²) in [6.45, 7) is 3.47. The number of alkyl halides is 3. The summed E-state index contributed by atoms with van der Waals surface area (Å²) in [6, 6.07) is 3.65. The van der Waals surface area contributed by atoms with Crippen molar-refractivity contribution in [3.63, 3.8) is 0 Å². The molecule has 0 fully saturated rings. The number of halogens is 3. The average Bonchev–Trinajstić information content (AvgIpc) is 2.13. The van der Waals surface area contributed by atoms with Crippen molar-refractivity contribution in [2.75, 3.05) is 13.2 Å². The molecule has 0 aliphatic heterocycles. The van der Waals surface area contributed by atoms with Gasteiger partial charge in [0.25, 0.3) is 0 Å². The van der Waals surface area contributed by atoms with Gasteiger partial charge in [0, 0.05) is 5.56 Å². The van der Waals surface area contributed by atoms with Crippen molar-refractivity contribution in [3.05, 3.63) is 34.4 Å². The van der Waals surface area contributed by atoms with Crippen molar-refractivity contribution < 1.29 is 22.7 Å². The molecule has 0 heterocycles. The molecule has 18 heavy (non-hydrogen) atoms. The van der Waals surface area contributed by atoms with Gasteiger partial charge in [0.1, 0.15) is 13.2 Å². The Bertz CT molecular complexity index is 427. The third-order valence-corrected chi connectivity index (χ3v) is 2.45. The number of hydrogen-bond donors (Lipinski definition) is 0. The zero-order valence-corrected chi connectivity index (χ0v) is 10.5. The third-order valence-electron chi connectivity index (χ3n) is 2.45. The molecule has 5 heteroatoms. The van der Waals surface area contributed by atoms with Gasteiger partial charge in [-0.3, -0.25) is 4.79 Å². The molecule has 0 saturated heterocycles. The molecule has 0 radical (unpaired) electrons. The van der Waals surface area contributed by atoms with E-state index in [1.54, 1.807) is 13.8 Å². The summed E-state index contributed by atoms with van der Waals surface area (Å²) in [4.78, 5) is 11.8. The molecule has 100 valence electrons. The number of Topliss-reactive ketones (excluding diaryl/α,β-unsaturated/α-hetero) is 1. The first-order chi connectivity index (χ1) is 8.20. The number of aryl methyl sites for hydroxylation is 3. The van der Waals surface area contributed by atoms with Crippen molar-refractivity contribution >= 4 is 5.78 Å². The second kappa shape index (κ2) is 5.52. The average molecular weight is 260 g/mol. The van der Waals surface area contributed by atoms with E-state index < -0.39 is 25.2 Å². The summed E-state index contributed by atoms with van der Waals surface area (Å²) in [7, 11) is 0. The summed E-state index contributed by atoms with van der Waals surface area (Å²) < 4.78 is 40.0. The predicted octanol–water partition coefficient (Wildman–Crippen LogP) is 3.37. The summed E-state index contributed by atoms with van der Waals surface area (Å²) in [5.74, 6) is -0.422. The largest absolute Gasteiger partial charge is 0.411 e. The molecule has 0 saturated carbocycles. The molecule has 0 N–H and O–H groups in total. The van der Waals surface area contributed by atoms with Crippen LogP contribution in [-0.2, 0) is 4.74 Å². The third kappa shape index (κ3) is 4.14. The fraction of sp³-hybridized carbons (Fsp3) is 0.462. The Morgan fingerprint density at radius 2 is 1.67 bits per heavy atom. The van der Waals surface area contributed by atoms with Gasteiger partial charge in [-0.1, -0.05) is 17.7 Å². The van der Waals surface area contributed by atoms with Gasteiger partial charge in [0.15, 0.2) is 5.78 Å². The quantitative estimate of drug-likeness (QED) is 0.776. The van der Waals surface area contributed by atoms with Gasteiger partial charge in [0.05, 0.1) is 0 Å². The summed E-state index contributed by atoms with van der Waals surface area (Å²) in [5, 5.41) is 0. The molecule has 0 bridgehead atoms. The van der Waals surface area contributed by atoms with E-state index in [2.05, 4.69) is 4.74 Å². The number of benzene rings is 1. The smallest absolute Gasteiger partial charge is 0.364 e. The zero-order valence-electron chi connectivity index (χ0n) is 10.5. The van der Waals surface area contributed by atoms with Crippen molar-refractivity contribution in [1.29, 1.82) is 0 Å². The topological polar surface area (TPSA) is 26.3 Å². The standard InChI is InChI=1S/C13H15F3O2/c1-8-4-9(2)12(10(3)5-8)11(17)6-18-7-13(14,15)16/h4-5H,6-7H2,1-3H3. The Kier molecular flexibility index (Phi) is 4.51. The van der Waals surface area contributed by atoms with Crippen LogP contribution in [0.3, 0.4) is 0 Å². The lowest BCUT2D eigenvalue weighted by Gasteiger charge is -2.11. The molecule has 0 aliphatic carbocycles. The zero-order chi connectivity index (χ0) is 13.9. The van der Waals surface area contributed by atoms with Gasteiger partial charge in [0.2, 0.25) is 0 Å². The molecule has 0 unspecified atom stereocenters. The lowest BCUT2D eigenvalue weighted by atomic mass is 9.97. The first-order valence-corrected chi connectivity index (χ1v) is 5.46. The number of carbonyl (C=O) groups excluding carboxylic acids is 1. The van der Waals surface area contributed by atoms with Crippen molar-refractivity contribution in [1.82, 2.24) is 0 Å². The molecule has 0 aliphatic rings. The molecule has 0 amide bonds. The highest BCUT2D eigenvalue weighted by Gasteiger charge is 2.28. The van der Waals surface area contributed by atoms with Crippen LogP contribution in [0.25, 0.3) is 0 Å². The van der Waals surface area contributed by atoms with Gasteiger partial charge < -0.3 is 4.74 Å². The Hall–Kier alpha value is -1.36. The highest BCUT2D eigenvalue weighted by molar-refractivity contribution is 5.99. The first kappa shape index (κ1) is 14.7. The van der Waals surface area contributed by atoms with Gasteiger partial charge in [-0.25, -0.2) is 0 Å². The van der Waals surface area contributed by atoms with E-state index in [9.17, 15) is 18.0 Å². The Morgan fingerprint density at radius 3 is 2.11 bits per heavy atom. The highest BCUT2D eigenvalue weighted by Crippen LogP contribution is 2.18. The van der Waals surface area contributed by atoms with Gasteiger partial charge in [-0.2, -0.15) is 13.2 Å². The fourth-order valence-electron chi connectivity index (χ4n) is 1.95. The highest BCUT2D eigenvalue weighted by atomic mass is 19.4. The van der Waals surface area contributed by atoms with Crippen LogP contribution in [0.5, 0.6) is 0 Å². The number of carbonyl (C=O) groups is 1. The van der Waals surface area contributed by atoms with Crippen molar-refractivity contribution in [2.24, 2.45) is 0 Å². The number of ketones is 1. The van der Waals surface area contributed by atoms with Crippen LogP contribution < -0.4 is 0 Å². The minimum atomic E-state index is -4.41. The maximum atomic E-state index is 11.9. The van der Waals surface area contributed by atoms with E-state index in [4.69, 9.17) is 0 Å². The minimum absolute atomic E-state index is 0.422. The normalized spacial score (nSPS) is 11.7. The van der Waals surface area contributed by atoms with Crippen LogP contribution in [0.15, 0.2) is 12.1 Å². The van der Waals surface area contributed by atoms with Crippen LogP contribution in [0, 0.1) is 20.8 Å². The Morgan fingerprint density at radius 1 is 1.17 bits per heavy atom. The van der Waals surface area contributed by atoms with Crippen LogP contribution in [-0.4, -0.2) is 25.2 Å². The van der Waals surface area contributed by atoms with Crippen LogP contribution in [0.2, 0.25) is 0 Å². The second-order valence-corrected chi connectivity index (χ2v) is 4.30. The van der Waals surface area contributed by atoms with E-state index in [-0.39, 0.29) is 0 Å². The number of rotatable bonds is 4. The molecule has 1 aromatic rings. The molecule has 2 nitrogen and oxygen atoms in total. The molecule has 1 rings (SSSR count). The van der Waals surface area contributed by atoms with E-state index in [1.165, 1.54) is 0 Å². The molecular weight excluding hydrogens is 245 g/mol. The molecule has 0 aromatic heterocycles. The summed E-state index contributed by atoms with van der Waals surface area (Å²) in [6.07, 6.45) is -4.41. The minimum Gasteiger partial charge on any atom is -0.364 e. The van der Waals surface area contributed by atoms with E-state index >= 15 is 0 Å². The molecule has 0 atom stereocenters. The Balaban J connectivity index is 2.74. The lowest BCUT2D eigenvalue weighted by Crippen LogP contribution is -2.21. The van der Waals surface area contributed by atoms with Crippen molar-refractivity contribution in [2.45, 2.75) is 26.9 Å². The predicted molar refractivity (Wildman–Crippen MR) is 61.9 cm³/mol. The second-order valence-electron chi connectivity index (χ2n) is 4.30. The number of hydrogen-bond acceptors (Lipinski definition) is 2.